The van der Waals surface area contributed by atoms with Crippen LogP contribution in [0.1, 0.15) is 26.3 Å². The third kappa shape index (κ3) is 1.08. The van der Waals surface area contributed by atoms with Crippen LogP contribution in [0, 0.1) is 0 Å². The van der Waals surface area contributed by atoms with Gasteiger partial charge in [0.05, 0.1) is 0 Å². The third-order valence-electron chi connectivity index (χ3n) is 2.41. The number of carbonyl (C=O) groups is 2. The van der Waals surface area contributed by atoms with Crippen LogP contribution in [0.25, 0.3) is 0 Å². The lowest BCUT2D eigenvalue weighted by Gasteiger charge is -2.05. The normalized spacial score (nSPS) is 14.4. The van der Waals surface area contributed by atoms with Crippen LogP contribution in [-0.2, 0) is 6.54 Å². The molecule has 0 saturated carbocycles. The lowest BCUT2D eigenvalue weighted by Crippen LogP contribution is -2.17. The van der Waals surface area contributed by atoms with Crippen LogP contribution < -0.4 is 5.73 Å². The van der Waals surface area contributed by atoms with E-state index < -0.39 is 5.91 Å². The lowest BCUT2D eigenvalue weighted by atomic mass is 10.0. The van der Waals surface area contributed by atoms with Crippen LogP contribution in [0.15, 0.2) is 18.2 Å². The molecule has 0 bridgehead atoms. The van der Waals surface area contributed by atoms with Gasteiger partial charge in [-0.25, -0.2) is 0 Å². The zero-order valence-electron chi connectivity index (χ0n) is 7.78. The molecule has 0 fully saturated rings. The maximum absolute atomic E-state index is 11.5. The number of benzene rings is 1. The number of amides is 2. The fourth-order valence-electron chi connectivity index (χ4n) is 1.70. The topological polar surface area (TPSA) is 63.4 Å². The van der Waals surface area contributed by atoms with Crippen molar-refractivity contribution in [2.75, 3.05) is 7.05 Å². The monoisotopic (exact) mass is 190 g/mol. The van der Waals surface area contributed by atoms with Gasteiger partial charge in [0.2, 0.25) is 5.91 Å². The summed E-state index contributed by atoms with van der Waals surface area (Å²) in [5, 5.41) is 0. The van der Waals surface area contributed by atoms with Crippen molar-refractivity contribution in [3.63, 3.8) is 0 Å². The summed E-state index contributed by atoms with van der Waals surface area (Å²) in [5.41, 5.74) is 6.98. The van der Waals surface area contributed by atoms with Crippen molar-refractivity contribution >= 4 is 11.8 Å². The van der Waals surface area contributed by atoms with E-state index in [0.29, 0.717) is 17.7 Å². The maximum Gasteiger partial charge on any atom is 0.254 e. The Hall–Kier alpha value is -1.84. The van der Waals surface area contributed by atoms with Gasteiger partial charge in [0.25, 0.3) is 5.91 Å². The predicted molar refractivity (Wildman–Crippen MR) is 50.8 cm³/mol. The number of nitrogens with two attached hydrogens (primary N) is 1. The summed E-state index contributed by atoms with van der Waals surface area (Å²) in [5.74, 6) is -0.534. The Morgan fingerprint density at radius 2 is 2.21 bits per heavy atom. The molecule has 0 spiro atoms. The Balaban J connectivity index is 2.61. The molecule has 72 valence electrons. The highest BCUT2D eigenvalue weighted by molar-refractivity contribution is 6.03. The molecule has 4 heteroatoms. The first-order valence-corrected chi connectivity index (χ1v) is 4.28. The molecule has 1 aliphatic rings. The fourth-order valence-corrected chi connectivity index (χ4v) is 1.70. The van der Waals surface area contributed by atoms with Gasteiger partial charge < -0.3 is 10.6 Å². The summed E-state index contributed by atoms with van der Waals surface area (Å²) in [7, 11) is 1.70. The van der Waals surface area contributed by atoms with Gasteiger partial charge in [-0.1, -0.05) is 6.07 Å². The fraction of sp³-hybridized carbons (Fsp3) is 0.200. The summed E-state index contributed by atoms with van der Waals surface area (Å²) in [6.45, 7) is 0.466. The number of rotatable bonds is 1. The van der Waals surface area contributed by atoms with Gasteiger partial charge in [-0.3, -0.25) is 9.59 Å². The standard InChI is InChI=1S/C10H10N2O2/c1-12-5-8-6(9(11)13)3-2-4-7(8)10(12)14/h2-4H,5H2,1H3,(H2,11,13). The van der Waals surface area contributed by atoms with E-state index in [2.05, 4.69) is 0 Å². The van der Waals surface area contributed by atoms with Gasteiger partial charge in [0, 0.05) is 24.7 Å². The van der Waals surface area contributed by atoms with Gasteiger partial charge in [-0.05, 0) is 17.7 Å². The number of primary amides is 1. The van der Waals surface area contributed by atoms with Crippen LogP contribution >= 0.6 is 0 Å². The SMILES string of the molecule is CN1Cc2c(C(N)=O)cccc2C1=O. The lowest BCUT2D eigenvalue weighted by molar-refractivity contribution is 0.0815. The molecule has 0 atom stereocenters. The van der Waals surface area contributed by atoms with Crippen molar-refractivity contribution in [3.8, 4) is 0 Å². The predicted octanol–water partition coefficient (Wildman–Crippen LogP) is 0.371. The van der Waals surface area contributed by atoms with E-state index in [1.165, 1.54) is 0 Å². The number of carbonyl (C=O) groups excluding carboxylic acids is 2. The van der Waals surface area contributed by atoms with Gasteiger partial charge in [-0.2, -0.15) is 0 Å². The second-order valence-corrected chi connectivity index (χ2v) is 3.36. The molecule has 1 aromatic carbocycles. The molecule has 1 aromatic rings. The highest BCUT2D eigenvalue weighted by atomic mass is 16.2. The average molecular weight is 190 g/mol. The summed E-state index contributed by atoms with van der Waals surface area (Å²) in [4.78, 5) is 24.2. The largest absolute Gasteiger partial charge is 0.366 e. The maximum atomic E-state index is 11.5. The summed E-state index contributed by atoms with van der Waals surface area (Å²) >= 11 is 0. The average Bonchev–Trinajstić information content (AvgIpc) is 2.43. The van der Waals surface area contributed by atoms with Gasteiger partial charge in [0.15, 0.2) is 0 Å². The summed E-state index contributed by atoms with van der Waals surface area (Å²) in [6.07, 6.45) is 0. The van der Waals surface area contributed by atoms with Crippen LogP contribution in [0.5, 0.6) is 0 Å². The van der Waals surface area contributed by atoms with Crippen molar-refractivity contribution in [1.29, 1.82) is 0 Å². The molecule has 0 radical (unpaired) electrons. The van der Waals surface area contributed by atoms with Crippen LogP contribution in [-0.4, -0.2) is 23.8 Å². The molecule has 4 nitrogen and oxygen atoms in total. The number of hydrogen-bond donors (Lipinski definition) is 1. The van der Waals surface area contributed by atoms with Gasteiger partial charge in [-0.15, -0.1) is 0 Å². The Morgan fingerprint density at radius 1 is 1.50 bits per heavy atom. The Bertz CT molecular complexity index is 426. The van der Waals surface area contributed by atoms with Gasteiger partial charge >= 0.3 is 0 Å². The molecule has 1 aliphatic heterocycles. The van der Waals surface area contributed by atoms with E-state index in [1.54, 1.807) is 30.1 Å². The zero-order chi connectivity index (χ0) is 10.3. The first-order chi connectivity index (χ1) is 6.61. The Labute approximate surface area is 81.3 Å². The van der Waals surface area contributed by atoms with Crippen molar-refractivity contribution in [1.82, 2.24) is 4.90 Å². The van der Waals surface area contributed by atoms with Crippen LogP contribution in [0.4, 0.5) is 0 Å². The molecule has 0 aromatic heterocycles. The van der Waals surface area contributed by atoms with Crippen LogP contribution in [0.3, 0.4) is 0 Å². The smallest absolute Gasteiger partial charge is 0.254 e. The molecule has 2 amide bonds. The summed E-state index contributed by atoms with van der Waals surface area (Å²) in [6, 6.07) is 5.04. The van der Waals surface area contributed by atoms with Crippen molar-refractivity contribution in [3.05, 3.63) is 34.9 Å². The molecular formula is C10H10N2O2. The first kappa shape index (κ1) is 8.74. The van der Waals surface area contributed by atoms with Crippen LogP contribution in [0.2, 0.25) is 0 Å². The minimum atomic E-state index is -0.482. The molecule has 0 unspecified atom stereocenters. The van der Waals surface area contributed by atoms with Gasteiger partial charge in [0.1, 0.15) is 0 Å². The highest BCUT2D eigenvalue weighted by Crippen LogP contribution is 2.24. The molecular weight excluding hydrogens is 180 g/mol. The van der Waals surface area contributed by atoms with Crippen molar-refractivity contribution in [2.45, 2.75) is 6.54 Å². The van der Waals surface area contributed by atoms with E-state index >= 15 is 0 Å². The Kier molecular flexibility index (Phi) is 1.77. The number of nitrogens with zero attached hydrogens (tertiary/aromatic N) is 1. The van der Waals surface area contributed by atoms with Crippen molar-refractivity contribution < 1.29 is 9.59 Å². The molecule has 14 heavy (non-hydrogen) atoms. The van der Waals surface area contributed by atoms with E-state index in [9.17, 15) is 9.59 Å². The quantitative estimate of drug-likeness (QED) is 0.695. The van der Waals surface area contributed by atoms with E-state index in [-0.39, 0.29) is 5.91 Å². The Morgan fingerprint density at radius 3 is 2.86 bits per heavy atom. The third-order valence-corrected chi connectivity index (χ3v) is 2.41. The zero-order valence-corrected chi connectivity index (χ0v) is 7.78. The van der Waals surface area contributed by atoms with E-state index in [1.807, 2.05) is 0 Å². The minimum Gasteiger partial charge on any atom is -0.366 e. The number of hydrogen-bond acceptors (Lipinski definition) is 2. The molecule has 0 aliphatic carbocycles. The molecule has 2 N–H and O–H groups in total. The summed E-state index contributed by atoms with van der Waals surface area (Å²) < 4.78 is 0. The molecule has 1 heterocycles. The second kappa shape index (κ2) is 2.83. The van der Waals surface area contributed by atoms with Crippen molar-refractivity contribution in [2.24, 2.45) is 5.73 Å². The highest BCUT2D eigenvalue weighted by Gasteiger charge is 2.27. The van der Waals surface area contributed by atoms with E-state index in [0.717, 1.165) is 5.56 Å². The minimum absolute atomic E-state index is 0.0527. The molecule has 0 saturated heterocycles. The first-order valence-electron chi connectivity index (χ1n) is 4.28. The number of fused-ring (bicyclic) bond motifs is 1. The molecule has 2 rings (SSSR count). The second-order valence-electron chi connectivity index (χ2n) is 3.36. The van der Waals surface area contributed by atoms with E-state index in [4.69, 9.17) is 5.73 Å².